The van der Waals surface area contributed by atoms with Crippen molar-refractivity contribution in [2.24, 2.45) is 0 Å². The van der Waals surface area contributed by atoms with E-state index in [1.165, 1.54) is 0 Å². The van der Waals surface area contributed by atoms with Gasteiger partial charge >= 0.3 is 0 Å². The van der Waals surface area contributed by atoms with Crippen molar-refractivity contribution in [3.05, 3.63) is 82.0 Å². The maximum absolute atomic E-state index is 12.9. The first-order valence-electron chi connectivity index (χ1n) is 6.94. The zero-order valence-corrected chi connectivity index (χ0v) is 12.3. The number of hydrogen-bond donors (Lipinski definition) is 0. The Bertz CT molecular complexity index is 1050. The zero-order valence-electron chi connectivity index (χ0n) is 11.5. The molecule has 1 aromatic heterocycles. The van der Waals surface area contributed by atoms with Gasteiger partial charge < -0.3 is 4.42 Å². The van der Waals surface area contributed by atoms with Crippen LogP contribution < -0.4 is 5.43 Å². The van der Waals surface area contributed by atoms with Gasteiger partial charge in [-0.1, -0.05) is 48.0 Å². The molecule has 0 N–H and O–H groups in total. The lowest BCUT2D eigenvalue weighted by molar-refractivity contribution is 0.660. The molecule has 0 radical (unpaired) electrons. The molecule has 0 aliphatic heterocycles. The highest BCUT2D eigenvalue weighted by Gasteiger charge is 2.12. The average Bonchev–Trinajstić information content (AvgIpc) is 2.55. The van der Waals surface area contributed by atoms with Crippen LogP contribution in [0.15, 0.2) is 75.9 Å². The van der Waals surface area contributed by atoms with Crippen molar-refractivity contribution < 1.29 is 4.42 Å². The summed E-state index contributed by atoms with van der Waals surface area (Å²) >= 11 is 5.95. The fourth-order valence-electron chi connectivity index (χ4n) is 2.72. The standard InChI is InChI=1S/C19H11ClO2/c20-13-10-8-12(9-11-13)14-5-3-7-17-18(14)19(21)15-4-1-2-6-16(15)22-17/h1-11H. The van der Waals surface area contributed by atoms with E-state index < -0.39 is 0 Å². The summed E-state index contributed by atoms with van der Waals surface area (Å²) in [5.41, 5.74) is 2.98. The molecule has 3 aromatic carbocycles. The Kier molecular flexibility index (Phi) is 2.98. The van der Waals surface area contributed by atoms with Crippen LogP contribution in [-0.2, 0) is 0 Å². The van der Waals surface area contributed by atoms with Crippen molar-refractivity contribution in [2.75, 3.05) is 0 Å². The second-order valence-electron chi connectivity index (χ2n) is 5.11. The van der Waals surface area contributed by atoms with Gasteiger partial charge in [-0.25, -0.2) is 0 Å². The molecule has 4 aromatic rings. The minimum Gasteiger partial charge on any atom is -0.456 e. The lowest BCUT2D eigenvalue weighted by Gasteiger charge is -2.07. The third-order valence-electron chi connectivity index (χ3n) is 3.76. The Balaban J connectivity index is 2.14. The van der Waals surface area contributed by atoms with Gasteiger partial charge in [0.2, 0.25) is 5.43 Å². The highest BCUT2D eigenvalue weighted by atomic mass is 35.5. The number of benzene rings is 3. The molecule has 0 spiro atoms. The Hall–Kier alpha value is -2.58. The quantitative estimate of drug-likeness (QED) is 0.449. The maximum Gasteiger partial charge on any atom is 0.201 e. The number of hydrogen-bond acceptors (Lipinski definition) is 2. The van der Waals surface area contributed by atoms with E-state index in [0.29, 0.717) is 27.0 Å². The smallest absolute Gasteiger partial charge is 0.201 e. The van der Waals surface area contributed by atoms with Crippen LogP contribution in [0.5, 0.6) is 0 Å². The monoisotopic (exact) mass is 306 g/mol. The van der Waals surface area contributed by atoms with E-state index in [9.17, 15) is 4.79 Å². The van der Waals surface area contributed by atoms with Crippen LogP contribution in [0, 0.1) is 0 Å². The first kappa shape index (κ1) is 13.1. The lowest BCUT2D eigenvalue weighted by atomic mass is 10.00. The molecule has 4 rings (SSSR count). The largest absolute Gasteiger partial charge is 0.456 e. The highest BCUT2D eigenvalue weighted by molar-refractivity contribution is 6.30. The van der Waals surface area contributed by atoms with Crippen LogP contribution in [0.2, 0.25) is 5.02 Å². The molecule has 0 saturated heterocycles. The van der Waals surface area contributed by atoms with Gasteiger partial charge in [0, 0.05) is 5.02 Å². The van der Waals surface area contributed by atoms with Gasteiger partial charge in [0.15, 0.2) is 0 Å². The van der Waals surface area contributed by atoms with Gasteiger partial charge in [-0.3, -0.25) is 4.79 Å². The number of rotatable bonds is 1. The van der Waals surface area contributed by atoms with E-state index in [-0.39, 0.29) is 5.43 Å². The Morgan fingerprint density at radius 2 is 1.50 bits per heavy atom. The van der Waals surface area contributed by atoms with Crippen LogP contribution >= 0.6 is 11.6 Å². The molecule has 0 saturated carbocycles. The first-order chi connectivity index (χ1) is 10.7. The molecule has 0 amide bonds. The van der Waals surface area contributed by atoms with Gasteiger partial charge in [0.25, 0.3) is 0 Å². The number of fused-ring (bicyclic) bond motifs is 2. The third kappa shape index (κ3) is 2.00. The van der Waals surface area contributed by atoms with Crippen molar-refractivity contribution in [1.29, 1.82) is 0 Å². The van der Waals surface area contributed by atoms with Crippen molar-refractivity contribution in [2.45, 2.75) is 0 Å². The second kappa shape index (κ2) is 5.00. The predicted molar refractivity (Wildman–Crippen MR) is 90.4 cm³/mol. The normalized spacial score (nSPS) is 11.1. The molecule has 106 valence electrons. The van der Waals surface area contributed by atoms with E-state index in [4.69, 9.17) is 16.0 Å². The molecular weight excluding hydrogens is 296 g/mol. The fourth-order valence-corrected chi connectivity index (χ4v) is 2.84. The molecule has 0 aliphatic carbocycles. The topological polar surface area (TPSA) is 30.2 Å². The third-order valence-corrected chi connectivity index (χ3v) is 4.01. The van der Waals surface area contributed by atoms with E-state index in [0.717, 1.165) is 11.1 Å². The Morgan fingerprint density at radius 3 is 2.32 bits per heavy atom. The van der Waals surface area contributed by atoms with Gasteiger partial charge in [-0.15, -0.1) is 0 Å². The summed E-state index contributed by atoms with van der Waals surface area (Å²) in [7, 11) is 0. The number of para-hydroxylation sites is 1. The van der Waals surface area contributed by atoms with Crippen molar-refractivity contribution >= 4 is 33.5 Å². The number of halogens is 1. The summed E-state index contributed by atoms with van der Waals surface area (Å²) in [5, 5.41) is 1.86. The molecule has 22 heavy (non-hydrogen) atoms. The first-order valence-corrected chi connectivity index (χ1v) is 7.32. The summed E-state index contributed by atoms with van der Waals surface area (Å²) in [4.78, 5) is 12.9. The maximum atomic E-state index is 12.9. The van der Waals surface area contributed by atoms with Gasteiger partial charge in [-0.2, -0.15) is 0 Å². The van der Waals surface area contributed by atoms with Crippen LogP contribution in [0.25, 0.3) is 33.1 Å². The molecule has 0 aliphatic rings. The summed E-state index contributed by atoms with van der Waals surface area (Å²) in [6.45, 7) is 0. The predicted octanol–water partition coefficient (Wildman–Crippen LogP) is 5.27. The second-order valence-corrected chi connectivity index (χ2v) is 5.55. The summed E-state index contributed by atoms with van der Waals surface area (Å²) in [5.74, 6) is 0. The minimum atomic E-state index is -0.0117. The van der Waals surface area contributed by atoms with Crippen LogP contribution in [0.3, 0.4) is 0 Å². The minimum absolute atomic E-state index is 0.0117. The SMILES string of the molecule is O=c1c2ccccc2oc2cccc(-c3ccc(Cl)cc3)c12. The molecular formula is C19H11ClO2. The molecule has 0 fully saturated rings. The van der Waals surface area contributed by atoms with E-state index in [1.54, 1.807) is 6.07 Å². The van der Waals surface area contributed by atoms with E-state index >= 15 is 0 Å². The molecule has 0 unspecified atom stereocenters. The van der Waals surface area contributed by atoms with Crippen molar-refractivity contribution in [1.82, 2.24) is 0 Å². The molecule has 2 nitrogen and oxygen atoms in total. The van der Waals surface area contributed by atoms with E-state index in [1.807, 2.05) is 60.7 Å². The van der Waals surface area contributed by atoms with Crippen LogP contribution in [0.1, 0.15) is 0 Å². The van der Waals surface area contributed by atoms with Crippen LogP contribution in [0.4, 0.5) is 0 Å². The Morgan fingerprint density at radius 1 is 0.773 bits per heavy atom. The fraction of sp³-hybridized carbons (Fsp3) is 0. The molecule has 3 heteroatoms. The zero-order chi connectivity index (χ0) is 15.1. The Labute approximate surface area is 131 Å². The lowest BCUT2D eigenvalue weighted by Crippen LogP contribution is -2.03. The molecule has 0 atom stereocenters. The van der Waals surface area contributed by atoms with Gasteiger partial charge in [0.05, 0.1) is 10.8 Å². The van der Waals surface area contributed by atoms with E-state index in [2.05, 4.69) is 0 Å². The average molecular weight is 307 g/mol. The summed E-state index contributed by atoms with van der Waals surface area (Å²) < 4.78 is 5.89. The van der Waals surface area contributed by atoms with Crippen molar-refractivity contribution in [3.63, 3.8) is 0 Å². The van der Waals surface area contributed by atoms with Gasteiger partial charge in [-0.05, 0) is 41.5 Å². The summed E-state index contributed by atoms with van der Waals surface area (Å²) in [6.07, 6.45) is 0. The summed E-state index contributed by atoms with van der Waals surface area (Å²) in [6, 6.07) is 20.4. The molecule has 1 heterocycles. The van der Waals surface area contributed by atoms with Crippen LogP contribution in [-0.4, -0.2) is 0 Å². The molecule has 0 bridgehead atoms. The van der Waals surface area contributed by atoms with Crippen molar-refractivity contribution in [3.8, 4) is 11.1 Å². The van der Waals surface area contributed by atoms with Gasteiger partial charge in [0.1, 0.15) is 11.2 Å². The highest BCUT2D eigenvalue weighted by Crippen LogP contribution is 2.29.